The molecule has 112 valence electrons. The molecule has 1 amide bonds. The monoisotopic (exact) mass is 278 g/mol. The minimum absolute atomic E-state index is 0.0232. The molecule has 0 aromatic heterocycles. The summed E-state index contributed by atoms with van der Waals surface area (Å²) in [7, 11) is 0. The molecular weight excluding hydrogens is 252 g/mol. The maximum absolute atomic E-state index is 11.7. The minimum atomic E-state index is -0.0232. The van der Waals surface area contributed by atoms with Crippen LogP contribution in [0.15, 0.2) is 24.3 Å². The van der Waals surface area contributed by atoms with Crippen molar-refractivity contribution in [1.82, 2.24) is 5.32 Å². The Bertz CT molecular complexity index is 390. The highest BCUT2D eigenvalue weighted by Crippen LogP contribution is 2.15. The number of anilines is 1. The Morgan fingerprint density at radius 2 is 1.95 bits per heavy atom. The molecule has 1 aromatic carbocycles. The van der Waals surface area contributed by atoms with Gasteiger partial charge in [-0.05, 0) is 44.0 Å². The van der Waals surface area contributed by atoms with Crippen LogP contribution in [0.25, 0.3) is 0 Å². The van der Waals surface area contributed by atoms with Gasteiger partial charge in [0, 0.05) is 11.7 Å². The second kappa shape index (κ2) is 9.37. The Morgan fingerprint density at radius 3 is 2.55 bits per heavy atom. The standard InChI is InChI=1S/C16H26N2O2/c1-4-6-11-20-15-9-7-14(8-10-15)18-16(19)12-17-13(3)5-2/h7-10,13,17H,4-6,11-12H2,1-3H3,(H,18,19). The molecule has 0 heterocycles. The molecule has 1 rings (SSSR count). The SMILES string of the molecule is CCCCOc1ccc(NC(=O)CNC(C)CC)cc1. The molecule has 4 heteroatoms. The van der Waals surface area contributed by atoms with E-state index in [2.05, 4.69) is 31.4 Å². The molecule has 2 N–H and O–H groups in total. The lowest BCUT2D eigenvalue weighted by atomic mass is 10.2. The van der Waals surface area contributed by atoms with Crippen LogP contribution in [-0.2, 0) is 4.79 Å². The van der Waals surface area contributed by atoms with Gasteiger partial charge in [0.2, 0.25) is 5.91 Å². The summed E-state index contributed by atoms with van der Waals surface area (Å²) in [6.07, 6.45) is 3.19. The number of hydrogen-bond donors (Lipinski definition) is 2. The second-order valence-corrected chi connectivity index (χ2v) is 4.96. The van der Waals surface area contributed by atoms with Gasteiger partial charge in [-0.15, -0.1) is 0 Å². The van der Waals surface area contributed by atoms with Crippen molar-refractivity contribution in [3.05, 3.63) is 24.3 Å². The number of carbonyl (C=O) groups excluding carboxylic acids is 1. The van der Waals surface area contributed by atoms with E-state index in [0.717, 1.165) is 37.3 Å². The fraction of sp³-hybridized carbons (Fsp3) is 0.562. The summed E-state index contributed by atoms with van der Waals surface area (Å²) in [6, 6.07) is 7.85. The zero-order valence-electron chi connectivity index (χ0n) is 12.7. The van der Waals surface area contributed by atoms with Crippen molar-refractivity contribution in [2.45, 2.75) is 46.1 Å². The van der Waals surface area contributed by atoms with E-state index in [1.54, 1.807) is 0 Å². The minimum Gasteiger partial charge on any atom is -0.494 e. The zero-order valence-corrected chi connectivity index (χ0v) is 12.7. The van der Waals surface area contributed by atoms with Crippen molar-refractivity contribution in [1.29, 1.82) is 0 Å². The maximum Gasteiger partial charge on any atom is 0.238 e. The van der Waals surface area contributed by atoms with Gasteiger partial charge in [-0.3, -0.25) is 4.79 Å². The van der Waals surface area contributed by atoms with Crippen LogP contribution in [0.5, 0.6) is 5.75 Å². The first-order valence-electron chi connectivity index (χ1n) is 7.41. The molecule has 0 aliphatic heterocycles. The van der Waals surface area contributed by atoms with Gasteiger partial charge < -0.3 is 15.4 Å². The van der Waals surface area contributed by atoms with Gasteiger partial charge in [-0.2, -0.15) is 0 Å². The van der Waals surface area contributed by atoms with E-state index in [1.165, 1.54) is 0 Å². The maximum atomic E-state index is 11.7. The molecular formula is C16H26N2O2. The molecule has 0 saturated carbocycles. The van der Waals surface area contributed by atoms with Crippen LogP contribution in [0.3, 0.4) is 0 Å². The van der Waals surface area contributed by atoms with E-state index in [9.17, 15) is 4.79 Å². The lowest BCUT2D eigenvalue weighted by Gasteiger charge is -2.11. The van der Waals surface area contributed by atoms with Gasteiger partial charge in [0.05, 0.1) is 13.2 Å². The molecule has 20 heavy (non-hydrogen) atoms. The molecule has 1 aromatic rings. The predicted octanol–water partition coefficient (Wildman–Crippen LogP) is 3.19. The summed E-state index contributed by atoms with van der Waals surface area (Å²) in [5.41, 5.74) is 0.795. The molecule has 0 aliphatic rings. The number of carbonyl (C=O) groups is 1. The van der Waals surface area contributed by atoms with Gasteiger partial charge in [-0.1, -0.05) is 20.3 Å². The van der Waals surface area contributed by atoms with Crippen LogP contribution in [0, 0.1) is 0 Å². The highest BCUT2D eigenvalue weighted by Gasteiger charge is 2.04. The Kier molecular flexibility index (Phi) is 7.73. The topological polar surface area (TPSA) is 50.4 Å². The van der Waals surface area contributed by atoms with Crippen LogP contribution in [-0.4, -0.2) is 25.1 Å². The summed E-state index contributed by atoms with van der Waals surface area (Å²) >= 11 is 0. The third kappa shape index (κ3) is 6.57. The third-order valence-corrected chi connectivity index (χ3v) is 3.13. The van der Waals surface area contributed by atoms with E-state index in [-0.39, 0.29) is 5.91 Å². The summed E-state index contributed by atoms with van der Waals surface area (Å²) in [6.45, 7) is 7.36. The van der Waals surface area contributed by atoms with Gasteiger partial charge in [-0.25, -0.2) is 0 Å². The van der Waals surface area contributed by atoms with Gasteiger partial charge in [0.15, 0.2) is 0 Å². The molecule has 0 spiro atoms. The Labute approximate surface area is 121 Å². The first-order valence-corrected chi connectivity index (χ1v) is 7.41. The summed E-state index contributed by atoms with van der Waals surface area (Å²) < 4.78 is 5.57. The number of nitrogens with one attached hydrogen (secondary N) is 2. The van der Waals surface area contributed by atoms with Crippen molar-refractivity contribution in [2.24, 2.45) is 0 Å². The summed E-state index contributed by atoms with van der Waals surface area (Å²) in [4.78, 5) is 11.7. The molecule has 0 fully saturated rings. The lowest BCUT2D eigenvalue weighted by Crippen LogP contribution is -2.33. The highest BCUT2D eigenvalue weighted by atomic mass is 16.5. The number of benzene rings is 1. The first kappa shape index (κ1) is 16.5. The van der Waals surface area contributed by atoms with Crippen LogP contribution in [0.2, 0.25) is 0 Å². The third-order valence-electron chi connectivity index (χ3n) is 3.13. The average Bonchev–Trinajstić information content (AvgIpc) is 2.47. The number of amides is 1. The summed E-state index contributed by atoms with van der Waals surface area (Å²) in [5.74, 6) is 0.819. The first-order chi connectivity index (χ1) is 9.65. The lowest BCUT2D eigenvalue weighted by molar-refractivity contribution is -0.115. The highest BCUT2D eigenvalue weighted by molar-refractivity contribution is 5.92. The Hall–Kier alpha value is -1.55. The quantitative estimate of drug-likeness (QED) is 0.682. The Morgan fingerprint density at radius 1 is 1.25 bits per heavy atom. The average molecular weight is 278 g/mol. The van der Waals surface area contributed by atoms with Crippen molar-refractivity contribution < 1.29 is 9.53 Å². The number of unbranched alkanes of at least 4 members (excludes halogenated alkanes) is 1. The smallest absolute Gasteiger partial charge is 0.238 e. The van der Waals surface area contributed by atoms with E-state index < -0.39 is 0 Å². The fourth-order valence-electron chi connectivity index (χ4n) is 1.59. The van der Waals surface area contributed by atoms with E-state index in [4.69, 9.17) is 4.74 Å². The van der Waals surface area contributed by atoms with Gasteiger partial charge >= 0.3 is 0 Å². The van der Waals surface area contributed by atoms with Crippen molar-refractivity contribution in [3.63, 3.8) is 0 Å². The van der Waals surface area contributed by atoms with Crippen molar-refractivity contribution >= 4 is 11.6 Å². The van der Waals surface area contributed by atoms with Gasteiger partial charge in [0.1, 0.15) is 5.75 Å². The largest absolute Gasteiger partial charge is 0.494 e. The molecule has 0 saturated heterocycles. The van der Waals surface area contributed by atoms with Crippen LogP contribution in [0.4, 0.5) is 5.69 Å². The zero-order chi connectivity index (χ0) is 14.8. The second-order valence-electron chi connectivity index (χ2n) is 4.96. The van der Waals surface area contributed by atoms with E-state index in [0.29, 0.717) is 12.6 Å². The number of rotatable bonds is 9. The molecule has 0 aliphatic carbocycles. The molecule has 4 nitrogen and oxygen atoms in total. The molecule has 1 unspecified atom stereocenters. The predicted molar refractivity (Wildman–Crippen MR) is 83.2 cm³/mol. The van der Waals surface area contributed by atoms with Crippen molar-refractivity contribution in [3.8, 4) is 5.75 Å². The van der Waals surface area contributed by atoms with Crippen molar-refractivity contribution in [2.75, 3.05) is 18.5 Å². The Balaban J connectivity index is 2.35. The van der Waals surface area contributed by atoms with E-state index in [1.807, 2.05) is 24.3 Å². The molecule has 0 bridgehead atoms. The van der Waals surface area contributed by atoms with Crippen LogP contribution in [0.1, 0.15) is 40.0 Å². The molecule has 1 atom stereocenters. The van der Waals surface area contributed by atoms with Crippen LogP contribution < -0.4 is 15.4 Å². The molecule has 0 radical (unpaired) electrons. The summed E-state index contributed by atoms with van der Waals surface area (Å²) in [5, 5.41) is 6.02. The number of ether oxygens (including phenoxy) is 1. The number of hydrogen-bond acceptors (Lipinski definition) is 3. The fourth-order valence-corrected chi connectivity index (χ4v) is 1.59. The van der Waals surface area contributed by atoms with E-state index >= 15 is 0 Å². The van der Waals surface area contributed by atoms with Gasteiger partial charge in [0.25, 0.3) is 0 Å². The van der Waals surface area contributed by atoms with Crippen LogP contribution >= 0.6 is 0 Å². The normalized spacial score (nSPS) is 11.9.